The van der Waals surface area contributed by atoms with E-state index in [0.717, 1.165) is 61.8 Å². The van der Waals surface area contributed by atoms with Crippen molar-refractivity contribution in [3.63, 3.8) is 0 Å². The molecule has 0 spiro atoms. The summed E-state index contributed by atoms with van der Waals surface area (Å²) in [4.78, 5) is 13.5. The predicted molar refractivity (Wildman–Crippen MR) is 200 cm³/mol. The van der Waals surface area contributed by atoms with E-state index >= 15 is 0 Å². The largest absolute Gasteiger partial charge is 0.308 e. The number of fused-ring (bicyclic) bond motifs is 1. The van der Waals surface area contributed by atoms with Gasteiger partial charge in [0.05, 0.1) is 6.54 Å². The number of hydrogen-bond acceptors (Lipinski definition) is 4. The Balaban J connectivity index is 1.24. The third-order valence-corrected chi connectivity index (χ3v) is 9.60. The van der Waals surface area contributed by atoms with Crippen LogP contribution in [-0.2, 0) is 18.5 Å². The van der Waals surface area contributed by atoms with Crippen LogP contribution >= 0.6 is 0 Å². The van der Waals surface area contributed by atoms with E-state index in [0.29, 0.717) is 12.4 Å². The average molecular weight is 650 g/mol. The van der Waals surface area contributed by atoms with Gasteiger partial charge in [-0.3, -0.25) is 4.79 Å². The van der Waals surface area contributed by atoms with Crippen molar-refractivity contribution in [3.05, 3.63) is 208 Å². The summed E-state index contributed by atoms with van der Waals surface area (Å²) < 4.78 is 3.87. The molecule has 0 N–H and O–H groups in total. The van der Waals surface area contributed by atoms with E-state index in [-0.39, 0.29) is 5.56 Å². The molecule has 0 atom stereocenters. The molecule has 8 rings (SSSR count). The summed E-state index contributed by atoms with van der Waals surface area (Å²) in [6.07, 6.45) is 0.774. The molecular weight excluding hydrogens is 615 g/mol. The third kappa shape index (κ3) is 5.31. The maximum absolute atomic E-state index is 13.5. The first-order valence-electron chi connectivity index (χ1n) is 16.9. The number of tetrazole rings is 1. The minimum absolute atomic E-state index is 0.0416. The molecule has 2 heterocycles. The molecule has 50 heavy (non-hydrogen) atoms. The second-order valence-electron chi connectivity index (χ2n) is 12.4. The summed E-state index contributed by atoms with van der Waals surface area (Å²) >= 11 is 0. The van der Waals surface area contributed by atoms with Gasteiger partial charge in [0, 0.05) is 16.6 Å². The van der Waals surface area contributed by atoms with Crippen molar-refractivity contribution in [2.45, 2.75) is 25.4 Å². The van der Waals surface area contributed by atoms with E-state index in [1.54, 1.807) is 0 Å². The highest BCUT2D eigenvalue weighted by Crippen LogP contribution is 2.43. The predicted octanol–water partition coefficient (Wildman–Crippen LogP) is 8.77. The Bertz CT molecular complexity index is 2360. The van der Waals surface area contributed by atoms with Crippen LogP contribution < -0.4 is 5.56 Å². The number of aryl methyl sites for hydroxylation is 1. The Kier molecular flexibility index (Phi) is 8.19. The molecule has 0 amide bonds. The zero-order valence-corrected chi connectivity index (χ0v) is 27.7. The third-order valence-electron chi connectivity index (χ3n) is 9.60. The van der Waals surface area contributed by atoms with Crippen molar-refractivity contribution in [3.8, 4) is 22.5 Å². The Morgan fingerprint density at radius 1 is 0.600 bits per heavy atom. The van der Waals surface area contributed by atoms with Gasteiger partial charge in [0.15, 0.2) is 5.82 Å². The first-order chi connectivity index (χ1) is 24.7. The maximum atomic E-state index is 13.5. The monoisotopic (exact) mass is 649 g/mol. The van der Waals surface area contributed by atoms with E-state index in [9.17, 15) is 4.79 Å². The van der Waals surface area contributed by atoms with Gasteiger partial charge >= 0.3 is 0 Å². The molecule has 0 aliphatic carbocycles. The quantitative estimate of drug-likeness (QED) is 0.147. The van der Waals surface area contributed by atoms with Crippen LogP contribution in [0.1, 0.15) is 34.9 Å². The lowest BCUT2D eigenvalue weighted by molar-refractivity contribution is 0.451. The number of pyridine rings is 1. The minimum Gasteiger partial charge on any atom is -0.308 e. The van der Waals surface area contributed by atoms with Crippen molar-refractivity contribution in [1.82, 2.24) is 24.8 Å². The number of hydrogen-bond donors (Lipinski definition) is 0. The molecule has 2 aromatic heterocycles. The number of aromatic nitrogens is 5. The topological polar surface area (TPSA) is 65.6 Å². The zero-order chi connectivity index (χ0) is 33.9. The van der Waals surface area contributed by atoms with Crippen LogP contribution in [0.3, 0.4) is 0 Å². The van der Waals surface area contributed by atoms with Crippen LogP contribution in [0.5, 0.6) is 0 Å². The summed E-state index contributed by atoms with van der Waals surface area (Å²) in [5.41, 5.74) is 7.35. The van der Waals surface area contributed by atoms with Crippen molar-refractivity contribution in [1.29, 1.82) is 0 Å². The molecule has 0 unspecified atom stereocenters. The Hall–Kier alpha value is -6.40. The summed E-state index contributed by atoms with van der Waals surface area (Å²) in [6, 6.07) is 58.0. The highest BCUT2D eigenvalue weighted by atomic mass is 16.1. The molecule has 6 nitrogen and oxygen atoms in total. The highest BCUT2D eigenvalue weighted by Gasteiger charge is 2.42. The van der Waals surface area contributed by atoms with E-state index in [1.165, 1.54) is 0 Å². The van der Waals surface area contributed by atoms with Crippen molar-refractivity contribution < 1.29 is 0 Å². The second kappa shape index (κ2) is 13.2. The average Bonchev–Trinajstić information content (AvgIpc) is 3.68. The van der Waals surface area contributed by atoms with Crippen LogP contribution in [-0.4, -0.2) is 24.8 Å². The molecule has 242 valence electrons. The van der Waals surface area contributed by atoms with Crippen LogP contribution in [0.2, 0.25) is 0 Å². The Morgan fingerprint density at radius 2 is 1.14 bits per heavy atom. The van der Waals surface area contributed by atoms with Crippen LogP contribution in [0.25, 0.3) is 33.3 Å². The lowest BCUT2D eigenvalue weighted by atomic mass is 9.77. The molecule has 8 aromatic rings. The van der Waals surface area contributed by atoms with Gasteiger partial charge in [-0.2, -0.15) is 0 Å². The number of benzene rings is 6. The molecule has 0 aliphatic rings. The fourth-order valence-corrected chi connectivity index (χ4v) is 7.21. The van der Waals surface area contributed by atoms with Crippen molar-refractivity contribution in [2.75, 3.05) is 0 Å². The maximum Gasteiger partial charge on any atom is 0.258 e. The van der Waals surface area contributed by atoms with E-state index in [1.807, 2.05) is 63.8 Å². The van der Waals surface area contributed by atoms with Crippen molar-refractivity contribution in [2.24, 2.45) is 0 Å². The summed E-state index contributed by atoms with van der Waals surface area (Å²) in [5, 5.41) is 15.5. The van der Waals surface area contributed by atoms with Crippen molar-refractivity contribution >= 4 is 10.8 Å². The molecular formula is C44H35N5O. The molecule has 0 saturated heterocycles. The van der Waals surface area contributed by atoms with Gasteiger partial charge in [0.2, 0.25) is 0 Å². The minimum atomic E-state index is -0.857. The Morgan fingerprint density at radius 3 is 1.74 bits per heavy atom. The lowest BCUT2D eigenvalue weighted by Gasteiger charge is -2.36. The molecule has 0 bridgehead atoms. The van der Waals surface area contributed by atoms with Crippen LogP contribution in [0, 0.1) is 0 Å². The standard InChI is InChI=1S/C44H35N5O/c1-2-38-30-34-16-12-13-24-40(34)43(50)48(38)31-32-26-28-33(29-27-32)39-23-14-15-25-41(39)42-45-46-47-49(42)44(35-17-6-3-7-18-35,36-19-8-4-9-20-36)37-21-10-5-11-22-37/h3-30H,2,31H2,1H3. The van der Waals surface area contributed by atoms with Gasteiger partial charge in [-0.15, -0.1) is 5.10 Å². The first-order valence-corrected chi connectivity index (χ1v) is 16.9. The van der Waals surface area contributed by atoms with E-state index < -0.39 is 5.54 Å². The van der Waals surface area contributed by atoms with Gasteiger partial charge in [-0.05, 0) is 67.7 Å². The molecule has 6 aromatic carbocycles. The fourth-order valence-electron chi connectivity index (χ4n) is 7.21. The van der Waals surface area contributed by atoms with E-state index in [4.69, 9.17) is 10.3 Å². The summed E-state index contributed by atoms with van der Waals surface area (Å²) in [5.74, 6) is 0.650. The number of nitrogens with zero attached hydrogens (tertiary/aromatic N) is 5. The molecule has 0 aliphatic heterocycles. The Labute approximate surface area is 290 Å². The van der Waals surface area contributed by atoms with Gasteiger partial charge in [0.1, 0.15) is 5.54 Å². The molecule has 0 fully saturated rings. The molecule has 0 radical (unpaired) electrons. The van der Waals surface area contributed by atoms with Gasteiger partial charge < -0.3 is 4.57 Å². The van der Waals surface area contributed by atoms with Crippen LogP contribution in [0.15, 0.2) is 175 Å². The van der Waals surface area contributed by atoms with Crippen LogP contribution in [0.4, 0.5) is 0 Å². The molecule has 6 heteroatoms. The van der Waals surface area contributed by atoms with Gasteiger partial charge in [-0.25, -0.2) is 4.68 Å². The normalized spacial score (nSPS) is 11.5. The zero-order valence-electron chi connectivity index (χ0n) is 27.7. The van der Waals surface area contributed by atoms with E-state index in [2.05, 4.69) is 127 Å². The number of rotatable bonds is 9. The smallest absolute Gasteiger partial charge is 0.258 e. The summed E-state index contributed by atoms with van der Waals surface area (Å²) in [7, 11) is 0. The lowest BCUT2D eigenvalue weighted by Crippen LogP contribution is -2.39. The molecule has 0 saturated carbocycles. The summed E-state index contributed by atoms with van der Waals surface area (Å²) in [6.45, 7) is 2.59. The fraction of sp³-hybridized carbons (Fsp3) is 0.0909. The highest BCUT2D eigenvalue weighted by molar-refractivity contribution is 5.82. The van der Waals surface area contributed by atoms with Gasteiger partial charge in [0.25, 0.3) is 5.56 Å². The SMILES string of the molecule is CCc1cc2ccccc2c(=O)n1Cc1ccc(-c2ccccc2-c2nnnn2C(c2ccccc2)(c2ccccc2)c2ccccc2)cc1. The second-order valence-corrected chi connectivity index (χ2v) is 12.4. The van der Waals surface area contributed by atoms with Gasteiger partial charge in [-0.1, -0.05) is 165 Å². The first kappa shape index (κ1) is 30.9.